The molecule has 28 heavy (non-hydrogen) atoms. The van der Waals surface area contributed by atoms with E-state index in [1.165, 1.54) is 6.20 Å². The molecule has 1 saturated heterocycles. The molecule has 1 aromatic carbocycles. The van der Waals surface area contributed by atoms with Crippen LogP contribution in [0, 0.1) is 5.41 Å². The highest BCUT2D eigenvalue weighted by Gasteiger charge is 2.34. The molecule has 0 radical (unpaired) electrons. The molecule has 0 aliphatic carbocycles. The highest BCUT2D eigenvalue weighted by molar-refractivity contribution is 6.30. The lowest BCUT2D eigenvalue weighted by atomic mass is 9.80. The molecule has 0 unspecified atom stereocenters. The zero-order chi connectivity index (χ0) is 20.4. The Hall–Kier alpha value is -2.28. The smallest absolute Gasteiger partial charge is 0.371 e. The Bertz CT molecular complexity index is 831. The first-order chi connectivity index (χ1) is 13.2. The van der Waals surface area contributed by atoms with E-state index in [2.05, 4.69) is 17.2 Å². The lowest BCUT2D eigenvalue weighted by molar-refractivity contribution is -0.141. The molecule has 1 aliphatic heterocycles. The lowest BCUT2D eigenvalue weighted by Crippen LogP contribution is -2.44. The van der Waals surface area contributed by atoms with Gasteiger partial charge in [-0.2, -0.15) is 13.2 Å². The fourth-order valence-corrected chi connectivity index (χ4v) is 3.38. The number of piperidine rings is 1. The second kappa shape index (κ2) is 7.99. The predicted octanol–water partition coefficient (Wildman–Crippen LogP) is 4.79. The molecular weight excluding hydrogens is 391 g/mol. The van der Waals surface area contributed by atoms with Crippen LogP contribution in [-0.2, 0) is 6.18 Å². The van der Waals surface area contributed by atoms with Crippen molar-refractivity contribution in [3.8, 4) is 0 Å². The van der Waals surface area contributed by atoms with Crippen LogP contribution in [-0.4, -0.2) is 30.5 Å². The molecule has 4 nitrogen and oxygen atoms in total. The molecule has 1 aromatic heterocycles. The molecular formula is C20H21ClF3N3O. The van der Waals surface area contributed by atoms with E-state index in [-0.39, 0.29) is 11.3 Å². The van der Waals surface area contributed by atoms with Crippen molar-refractivity contribution < 1.29 is 18.0 Å². The Morgan fingerprint density at radius 3 is 2.46 bits per heavy atom. The van der Waals surface area contributed by atoms with Gasteiger partial charge < -0.3 is 10.2 Å². The number of pyridine rings is 1. The summed E-state index contributed by atoms with van der Waals surface area (Å²) < 4.78 is 38.6. The first kappa shape index (κ1) is 20.5. The van der Waals surface area contributed by atoms with E-state index in [0.29, 0.717) is 35.9 Å². The standard InChI is InChI=1S/C20H21ClF3N3O/c1-19(13-26-18(28)14-2-4-15(21)5-3-14)7-10-27(11-8-19)16-6-9-25-17(12-16)20(22,23)24/h2-6,9,12H,7-8,10-11,13H2,1H3,(H,26,28). The Labute approximate surface area is 166 Å². The van der Waals surface area contributed by atoms with Gasteiger partial charge in [-0.25, -0.2) is 0 Å². The second-order valence-electron chi connectivity index (χ2n) is 7.38. The number of hydrogen-bond acceptors (Lipinski definition) is 3. The van der Waals surface area contributed by atoms with Gasteiger partial charge in [-0.15, -0.1) is 0 Å². The fraction of sp³-hybridized carbons (Fsp3) is 0.400. The number of amides is 1. The Balaban J connectivity index is 1.57. The molecule has 0 spiro atoms. The van der Waals surface area contributed by atoms with Crippen molar-refractivity contribution in [2.24, 2.45) is 5.41 Å². The molecule has 1 amide bonds. The van der Waals surface area contributed by atoms with E-state index in [4.69, 9.17) is 11.6 Å². The first-order valence-corrected chi connectivity index (χ1v) is 9.36. The van der Waals surface area contributed by atoms with Crippen molar-refractivity contribution in [1.82, 2.24) is 10.3 Å². The number of rotatable bonds is 4. The van der Waals surface area contributed by atoms with Crippen LogP contribution in [0.5, 0.6) is 0 Å². The molecule has 0 bridgehead atoms. The summed E-state index contributed by atoms with van der Waals surface area (Å²) in [4.78, 5) is 17.6. The van der Waals surface area contributed by atoms with E-state index >= 15 is 0 Å². The molecule has 0 saturated carbocycles. The van der Waals surface area contributed by atoms with Gasteiger partial charge in [0.25, 0.3) is 5.91 Å². The van der Waals surface area contributed by atoms with Gasteiger partial charge in [0.05, 0.1) is 0 Å². The minimum atomic E-state index is -4.45. The highest BCUT2D eigenvalue weighted by atomic mass is 35.5. The molecule has 1 N–H and O–H groups in total. The zero-order valence-corrected chi connectivity index (χ0v) is 16.1. The number of hydrogen-bond donors (Lipinski definition) is 1. The minimum Gasteiger partial charge on any atom is -0.371 e. The van der Waals surface area contributed by atoms with Crippen LogP contribution in [0.15, 0.2) is 42.6 Å². The maximum Gasteiger partial charge on any atom is 0.433 e. The average Bonchev–Trinajstić information content (AvgIpc) is 2.67. The van der Waals surface area contributed by atoms with Crippen molar-refractivity contribution in [2.45, 2.75) is 25.9 Å². The van der Waals surface area contributed by atoms with Gasteiger partial charge in [0.1, 0.15) is 5.69 Å². The van der Waals surface area contributed by atoms with Crippen LogP contribution in [0.25, 0.3) is 0 Å². The minimum absolute atomic E-state index is 0.113. The number of nitrogens with zero attached hydrogens (tertiary/aromatic N) is 2. The number of benzene rings is 1. The summed E-state index contributed by atoms with van der Waals surface area (Å²) in [5.41, 5.74) is 0.0726. The molecule has 1 fully saturated rings. The van der Waals surface area contributed by atoms with E-state index in [0.717, 1.165) is 18.9 Å². The van der Waals surface area contributed by atoms with Gasteiger partial charge in [0.15, 0.2) is 0 Å². The summed E-state index contributed by atoms with van der Waals surface area (Å²) in [7, 11) is 0. The monoisotopic (exact) mass is 411 g/mol. The van der Waals surface area contributed by atoms with E-state index < -0.39 is 11.9 Å². The van der Waals surface area contributed by atoms with Gasteiger partial charge in [-0.05, 0) is 54.7 Å². The van der Waals surface area contributed by atoms with E-state index in [1.54, 1.807) is 30.3 Å². The molecule has 2 heterocycles. The molecule has 150 valence electrons. The molecule has 3 rings (SSSR count). The van der Waals surface area contributed by atoms with Gasteiger partial charge in [0.2, 0.25) is 0 Å². The summed E-state index contributed by atoms with van der Waals surface area (Å²) in [6.07, 6.45) is -1.74. The quantitative estimate of drug-likeness (QED) is 0.786. The predicted molar refractivity (Wildman–Crippen MR) is 103 cm³/mol. The summed E-state index contributed by atoms with van der Waals surface area (Å²) in [5.74, 6) is -0.163. The molecule has 0 atom stereocenters. The van der Waals surface area contributed by atoms with Crippen LogP contribution >= 0.6 is 11.6 Å². The normalized spacial score (nSPS) is 16.7. The number of halogens is 4. The maximum atomic E-state index is 12.9. The molecule has 8 heteroatoms. The molecule has 1 aliphatic rings. The highest BCUT2D eigenvalue weighted by Crippen LogP contribution is 2.34. The van der Waals surface area contributed by atoms with Crippen LogP contribution in [0.1, 0.15) is 35.8 Å². The summed E-state index contributed by atoms with van der Waals surface area (Å²) in [6, 6.07) is 9.36. The van der Waals surface area contributed by atoms with Gasteiger partial charge in [0, 0.05) is 42.1 Å². The number of alkyl halides is 3. The Morgan fingerprint density at radius 2 is 1.86 bits per heavy atom. The van der Waals surface area contributed by atoms with Gasteiger partial charge in [-0.3, -0.25) is 9.78 Å². The summed E-state index contributed by atoms with van der Waals surface area (Å²) in [5, 5.41) is 3.52. The van der Waals surface area contributed by atoms with Crippen molar-refractivity contribution in [3.05, 3.63) is 58.9 Å². The Morgan fingerprint density at radius 1 is 1.21 bits per heavy atom. The summed E-state index contributed by atoms with van der Waals surface area (Å²) in [6.45, 7) is 3.83. The first-order valence-electron chi connectivity index (χ1n) is 8.98. The maximum absolute atomic E-state index is 12.9. The van der Waals surface area contributed by atoms with E-state index in [9.17, 15) is 18.0 Å². The average molecular weight is 412 g/mol. The van der Waals surface area contributed by atoms with Crippen molar-refractivity contribution in [2.75, 3.05) is 24.5 Å². The second-order valence-corrected chi connectivity index (χ2v) is 7.82. The van der Waals surface area contributed by atoms with E-state index in [1.807, 2.05) is 4.90 Å². The third-order valence-electron chi connectivity index (χ3n) is 5.15. The Kier molecular flexibility index (Phi) is 5.84. The van der Waals surface area contributed by atoms with Crippen LogP contribution < -0.4 is 10.2 Å². The van der Waals surface area contributed by atoms with Crippen LogP contribution in [0.3, 0.4) is 0 Å². The third-order valence-corrected chi connectivity index (χ3v) is 5.40. The number of carbonyl (C=O) groups is 1. The summed E-state index contributed by atoms with van der Waals surface area (Å²) >= 11 is 5.83. The number of carbonyl (C=O) groups excluding carboxylic acids is 1. The van der Waals surface area contributed by atoms with Crippen molar-refractivity contribution >= 4 is 23.2 Å². The molecule has 2 aromatic rings. The van der Waals surface area contributed by atoms with Crippen molar-refractivity contribution in [1.29, 1.82) is 0 Å². The fourth-order valence-electron chi connectivity index (χ4n) is 3.25. The number of aromatic nitrogens is 1. The van der Waals surface area contributed by atoms with Gasteiger partial charge >= 0.3 is 6.18 Å². The third kappa shape index (κ3) is 4.95. The van der Waals surface area contributed by atoms with Crippen LogP contribution in [0.4, 0.5) is 18.9 Å². The SMILES string of the molecule is CC1(CNC(=O)c2ccc(Cl)cc2)CCN(c2ccnc(C(F)(F)F)c2)CC1. The largest absolute Gasteiger partial charge is 0.433 e. The lowest BCUT2D eigenvalue weighted by Gasteiger charge is -2.40. The van der Waals surface area contributed by atoms with Crippen LogP contribution in [0.2, 0.25) is 5.02 Å². The van der Waals surface area contributed by atoms with Crippen molar-refractivity contribution in [3.63, 3.8) is 0 Å². The topological polar surface area (TPSA) is 45.2 Å². The number of nitrogens with one attached hydrogen (secondary N) is 1. The van der Waals surface area contributed by atoms with Gasteiger partial charge in [-0.1, -0.05) is 18.5 Å². The number of anilines is 1. The zero-order valence-electron chi connectivity index (χ0n) is 15.4.